The van der Waals surface area contributed by atoms with Crippen molar-refractivity contribution in [1.82, 2.24) is 0 Å². The number of hydrogen-bond donors (Lipinski definition) is 1. The van der Waals surface area contributed by atoms with Crippen molar-refractivity contribution in [2.75, 3.05) is 23.7 Å². The number of nitriles is 1. The lowest BCUT2D eigenvalue weighted by Crippen LogP contribution is -2.21. The summed E-state index contributed by atoms with van der Waals surface area (Å²) in [4.78, 5) is 14.6. The quantitative estimate of drug-likeness (QED) is 0.731. The number of nitrogens with two attached hydrogens (primary N) is 1. The minimum absolute atomic E-state index is 0.325. The summed E-state index contributed by atoms with van der Waals surface area (Å²) in [5, 5.41) is 12.2. The average Bonchev–Trinajstić information content (AvgIpc) is 2.95. The van der Waals surface area contributed by atoms with E-state index in [1.165, 1.54) is 11.3 Å². The van der Waals surface area contributed by atoms with Crippen LogP contribution >= 0.6 is 11.3 Å². The Kier molecular flexibility index (Phi) is 4.28. The van der Waals surface area contributed by atoms with Gasteiger partial charge in [-0.2, -0.15) is 5.26 Å². The average molecular weight is 339 g/mol. The summed E-state index contributed by atoms with van der Waals surface area (Å²) in [5.74, 6) is 0. The van der Waals surface area contributed by atoms with Gasteiger partial charge in [0.15, 0.2) is 0 Å². The number of hydrogen-bond acceptors (Lipinski definition) is 6. The van der Waals surface area contributed by atoms with Gasteiger partial charge in [-0.15, -0.1) is 11.3 Å². The van der Waals surface area contributed by atoms with E-state index in [2.05, 4.69) is 24.8 Å². The number of nitrogens with zero attached hydrogens (tertiary/aromatic N) is 2. The standard InChI is InChI=1S/C18H17N3O2S/c1-3-21(4-2)12-6-5-11-7-13(18(22)23-16(11)8-12)15-10-24-17(20)14(15)9-19/h5-8,10H,3-4,20H2,1-2H3. The van der Waals surface area contributed by atoms with Crippen molar-refractivity contribution in [3.63, 3.8) is 0 Å². The molecule has 5 nitrogen and oxygen atoms in total. The third-order valence-electron chi connectivity index (χ3n) is 4.07. The molecule has 1 aromatic carbocycles. The lowest BCUT2D eigenvalue weighted by atomic mass is 10.0. The molecule has 122 valence electrons. The maximum absolute atomic E-state index is 12.4. The fraction of sp³-hybridized carbons (Fsp3) is 0.222. The summed E-state index contributed by atoms with van der Waals surface area (Å²) < 4.78 is 5.51. The van der Waals surface area contributed by atoms with Crippen LogP contribution in [-0.2, 0) is 0 Å². The van der Waals surface area contributed by atoms with Gasteiger partial charge in [-0.1, -0.05) is 0 Å². The van der Waals surface area contributed by atoms with Gasteiger partial charge in [0.05, 0.1) is 11.1 Å². The zero-order valence-corrected chi connectivity index (χ0v) is 14.3. The molecule has 0 spiro atoms. The Labute approximate surface area is 143 Å². The van der Waals surface area contributed by atoms with Gasteiger partial charge in [-0.25, -0.2) is 4.79 Å². The Morgan fingerprint density at radius 1 is 1.25 bits per heavy atom. The third kappa shape index (κ3) is 2.63. The fourth-order valence-corrected chi connectivity index (χ4v) is 3.52. The van der Waals surface area contributed by atoms with E-state index in [-0.39, 0.29) is 0 Å². The summed E-state index contributed by atoms with van der Waals surface area (Å²) in [6.45, 7) is 5.92. The number of anilines is 2. The van der Waals surface area contributed by atoms with Crippen LogP contribution in [0.4, 0.5) is 10.7 Å². The van der Waals surface area contributed by atoms with Gasteiger partial charge in [0.2, 0.25) is 0 Å². The molecule has 2 N–H and O–H groups in total. The summed E-state index contributed by atoms with van der Waals surface area (Å²) in [6, 6.07) is 9.62. The molecule has 0 aliphatic heterocycles. The van der Waals surface area contributed by atoms with Crippen LogP contribution in [-0.4, -0.2) is 13.1 Å². The van der Waals surface area contributed by atoms with Crippen LogP contribution in [0, 0.1) is 11.3 Å². The summed E-state index contributed by atoms with van der Waals surface area (Å²) in [7, 11) is 0. The smallest absolute Gasteiger partial charge is 0.344 e. The molecule has 0 aliphatic carbocycles. The molecular weight excluding hydrogens is 322 g/mol. The van der Waals surface area contributed by atoms with Crippen LogP contribution in [0.1, 0.15) is 19.4 Å². The molecule has 0 atom stereocenters. The highest BCUT2D eigenvalue weighted by Crippen LogP contribution is 2.33. The maximum Gasteiger partial charge on any atom is 0.344 e. The van der Waals surface area contributed by atoms with E-state index in [1.54, 1.807) is 11.4 Å². The predicted molar refractivity (Wildman–Crippen MR) is 98.5 cm³/mol. The van der Waals surface area contributed by atoms with Gasteiger partial charge in [0.25, 0.3) is 0 Å². The van der Waals surface area contributed by atoms with E-state index in [1.807, 2.05) is 18.2 Å². The molecule has 0 saturated heterocycles. The second-order valence-electron chi connectivity index (χ2n) is 5.34. The van der Waals surface area contributed by atoms with E-state index < -0.39 is 5.63 Å². The van der Waals surface area contributed by atoms with Crippen LogP contribution in [0.25, 0.3) is 22.1 Å². The molecule has 0 amide bonds. The molecule has 6 heteroatoms. The second kappa shape index (κ2) is 6.38. The highest BCUT2D eigenvalue weighted by atomic mass is 32.1. The van der Waals surface area contributed by atoms with E-state index in [9.17, 15) is 10.1 Å². The van der Waals surface area contributed by atoms with Crippen molar-refractivity contribution in [3.05, 3.63) is 45.6 Å². The van der Waals surface area contributed by atoms with Crippen molar-refractivity contribution < 1.29 is 4.42 Å². The van der Waals surface area contributed by atoms with Crippen molar-refractivity contribution in [3.8, 4) is 17.2 Å². The normalized spacial score (nSPS) is 10.7. The summed E-state index contributed by atoms with van der Waals surface area (Å²) >= 11 is 1.24. The topological polar surface area (TPSA) is 83.3 Å². The lowest BCUT2D eigenvalue weighted by Gasteiger charge is -2.21. The molecule has 3 aromatic rings. The molecule has 24 heavy (non-hydrogen) atoms. The molecule has 0 unspecified atom stereocenters. The van der Waals surface area contributed by atoms with E-state index >= 15 is 0 Å². The Bertz CT molecular complexity index is 994. The van der Waals surface area contributed by atoms with E-state index in [4.69, 9.17) is 10.2 Å². The third-order valence-corrected chi connectivity index (χ3v) is 4.88. The monoisotopic (exact) mass is 339 g/mol. The summed E-state index contributed by atoms with van der Waals surface area (Å²) in [6.07, 6.45) is 0. The van der Waals surface area contributed by atoms with Crippen LogP contribution < -0.4 is 16.3 Å². The Morgan fingerprint density at radius 3 is 2.67 bits per heavy atom. The molecule has 0 saturated carbocycles. The van der Waals surface area contributed by atoms with E-state index in [0.29, 0.717) is 27.3 Å². The van der Waals surface area contributed by atoms with Crippen molar-refractivity contribution in [2.45, 2.75) is 13.8 Å². The van der Waals surface area contributed by atoms with Crippen molar-refractivity contribution >= 4 is 33.0 Å². The van der Waals surface area contributed by atoms with Gasteiger partial charge < -0.3 is 15.1 Å². The maximum atomic E-state index is 12.4. The number of benzene rings is 1. The first-order chi connectivity index (χ1) is 11.6. The Morgan fingerprint density at radius 2 is 2.00 bits per heavy atom. The number of rotatable bonds is 4. The second-order valence-corrected chi connectivity index (χ2v) is 6.25. The first-order valence-electron chi connectivity index (χ1n) is 7.69. The van der Waals surface area contributed by atoms with Gasteiger partial charge >= 0.3 is 5.63 Å². The Balaban J connectivity index is 2.17. The molecule has 0 fully saturated rings. The van der Waals surface area contributed by atoms with Crippen molar-refractivity contribution in [1.29, 1.82) is 5.26 Å². The number of thiophene rings is 1. The molecule has 2 aromatic heterocycles. The van der Waals surface area contributed by atoms with Crippen LogP contribution in [0.15, 0.2) is 38.9 Å². The summed E-state index contributed by atoms with van der Waals surface area (Å²) in [5.41, 5.74) is 8.10. The van der Waals surface area contributed by atoms with Gasteiger partial charge in [0, 0.05) is 41.2 Å². The fourth-order valence-electron chi connectivity index (χ4n) is 2.76. The van der Waals surface area contributed by atoms with Gasteiger partial charge in [-0.05, 0) is 32.0 Å². The zero-order valence-electron chi connectivity index (χ0n) is 13.5. The Hall–Kier alpha value is -2.78. The number of nitrogen functional groups attached to an aromatic ring is 1. The highest BCUT2D eigenvalue weighted by molar-refractivity contribution is 7.14. The van der Waals surface area contributed by atoms with Crippen LogP contribution in [0.3, 0.4) is 0 Å². The molecule has 0 bridgehead atoms. The predicted octanol–water partition coefficient (Wildman–Crippen LogP) is 3.82. The van der Waals surface area contributed by atoms with Crippen LogP contribution in [0.5, 0.6) is 0 Å². The van der Waals surface area contributed by atoms with Gasteiger partial charge in [0.1, 0.15) is 16.7 Å². The molecule has 3 rings (SSSR count). The van der Waals surface area contributed by atoms with Crippen LogP contribution in [0.2, 0.25) is 0 Å². The molecular formula is C18H17N3O2S. The first kappa shape index (κ1) is 16.1. The lowest BCUT2D eigenvalue weighted by molar-refractivity contribution is 0.563. The SMILES string of the molecule is CCN(CC)c1ccc2cc(-c3csc(N)c3C#N)c(=O)oc2c1. The van der Waals surface area contributed by atoms with E-state index in [0.717, 1.165) is 24.2 Å². The molecule has 2 heterocycles. The molecule has 0 radical (unpaired) electrons. The highest BCUT2D eigenvalue weighted by Gasteiger charge is 2.16. The zero-order chi connectivity index (χ0) is 17.3. The largest absolute Gasteiger partial charge is 0.422 e. The number of fused-ring (bicyclic) bond motifs is 1. The minimum atomic E-state index is -0.464. The van der Waals surface area contributed by atoms with Crippen molar-refractivity contribution in [2.24, 2.45) is 0 Å². The molecule has 0 aliphatic rings. The minimum Gasteiger partial charge on any atom is -0.422 e. The first-order valence-corrected chi connectivity index (χ1v) is 8.57. The van der Waals surface area contributed by atoms with Gasteiger partial charge in [-0.3, -0.25) is 0 Å².